The van der Waals surface area contributed by atoms with Crippen LogP contribution in [0.5, 0.6) is 5.75 Å². The lowest BCUT2D eigenvalue weighted by molar-refractivity contribution is -0.121. The van der Waals surface area contributed by atoms with Crippen molar-refractivity contribution in [2.24, 2.45) is 0 Å². The number of ether oxygens (including phenoxy) is 1. The van der Waals surface area contributed by atoms with Crippen molar-refractivity contribution in [3.63, 3.8) is 0 Å². The number of thiophene rings is 1. The van der Waals surface area contributed by atoms with Crippen LogP contribution in [0.15, 0.2) is 46.1 Å². The number of carbonyl (C=O) groups is 2. The summed E-state index contributed by atoms with van der Waals surface area (Å²) in [5.41, 5.74) is 0.165. The molecule has 4 rings (SSSR count). The third-order valence-electron chi connectivity index (χ3n) is 5.25. The average Bonchev–Trinajstić information content (AvgIpc) is 3.54. The van der Waals surface area contributed by atoms with Gasteiger partial charge in [0.2, 0.25) is 11.0 Å². The van der Waals surface area contributed by atoms with Crippen LogP contribution < -0.4 is 10.1 Å². The van der Waals surface area contributed by atoms with E-state index in [-0.39, 0.29) is 17.4 Å². The summed E-state index contributed by atoms with van der Waals surface area (Å²) >= 11 is 4.26. The largest absolute Gasteiger partial charge is 0.497 e. The number of nitrogens with one attached hydrogen (secondary N) is 1. The van der Waals surface area contributed by atoms with Crippen LogP contribution in [-0.2, 0) is 10.2 Å². The Morgan fingerprint density at radius 3 is 2.60 bits per heavy atom. The van der Waals surface area contributed by atoms with Crippen LogP contribution in [0.4, 0.5) is 5.13 Å². The van der Waals surface area contributed by atoms with E-state index in [0.29, 0.717) is 20.8 Å². The Morgan fingerprint density at radius 2 is 1.93 bits per heavy atom. The second-order valence-corrected chi connectivity index (χ2v) is 10.2. The molecule has 0 spiro atoms. The molecule has 1 aliphatic rings. The molecule has 1 N–H and O–H groups in total. The molecule has 0 saturated heterocycles. The fourth-order valence-corrected chi connectivity index (χ4v) is 6.26. The highest BCUT2D eigenvalue weighted by atomic mass is 32.2. The molecule has 0 aliphatic heterocycles. The van der Waals surface area contributed by atoms with Crippen LogP contribution in [0.1, 0.15) is 40.9 Å². The highest BCUT2D eigenvalue weighted by Crippen LogP contribution is 2.44. The lowest BCUT2D eigenvalue weighted by Gasteiger charge is -2.25. The maximum absolute atomic E-state index is 13.1. The van der Waals surface area contributed by atoms with Crippen molar-refractivity contribution in [3.8, 4) is 5.75 Å². The molecule has 2 aromatic heterocycles. The standard InChI is InChI=1S/C21H21N3O3S3/c1-27-15-8-6-14(7-9-15)16(25)13-29-20-24-23-19(30-20)22-18(26)21(10-2-3-11-21)17-5-4-12-28-17/h4-9,12H,2-3,10-11,13H2,1H3,(H,22,23,26). The first-order valence-corrected chi connectivity index (χ1v) is 12.3. The summed E-state index contributed by atoms with van der Waals surface area (Å²) in [6.07, 6.45) is 3.82. The van der Waals surface area contributed by atoms with Crippen molar-refractivity contribution in [2.75, 3.05) is 18.2 Å². The number of benzene rings is 1. The fourth-order valence-electron chi connectivity index (χ4n) is 3.64. The minimum absolute atomic E-state index is 0.00559. The van der Waals surface area contributed by atoms with E-state index in [1.165, 1.54) is 23.1 Å². The van der Waals surface area contributed by atoms with Gasteiger partial charge in [0.15, 0.2) is 10.1 Å². The summed E-state index contributed by atoms with van der Waals surface area (Å²) in [7, 11) is 1.59. The SMILES string of the molecule is COc1ccc(C(=O)CSc2nnc(NC(=O)C3(c4cccs4)CCCC3)s2)cc1. The molecular formula is C21H21N3O3S3. The van der Waals surface area contributed by atoms with Gasteiger partial charge in [0.05, 0.1) is 18.3 Å². The van der Waals surface area contributed by atoms with Gasteiger partial charge >= 0.3 is 0 Å². The highest BCUT2D eigenvalue weighted by Gasteiger charge is 2.43. The number of aromatic nitrogens is 2. The second kappa shape index (κ2) is 9.28. The summed E-state index contributed by atoms with van der Waals surface area (Å²) in [5.74, 6) is 0.968. The van der Waals surface area contributed by atoms with Crippen LogP contribution in [0.3, 0.4) is 0 Å². The Hall–Kier alpha value is -2.23. The number of amides is 1. The molecule has 1 fully saturated rings. The van der Waals surface area contributed by atoms with E-state index in [0.717, 1.165) is 30.6 Å². The number of hydrogen-bond acceptors (Lipinski definition) is 8. The van der Waals surface area contributed by atoms with E-state index in [4.69, 9.17) is 4.74 Å². The smallest absolute Gasteiger partial charge is 0.237 e. The zero-order valence-corrected chi connectivity index (χ0v) is 18.9. The van der Waals surface area contributed by atoms with Crippen molar-refractivity contribution >= 4 is 51.3 Å². The van der Waals surface area contributed by atoms with E-state index in [9.17, 15) is 9.59 Å². The number of hydrogen-bond donors (Lipinski definition) is 1. The van der Waals surface area contributed by atoms with Crippen molar-refractivity contribution in [1.82, 2.24) is 10.2 Å². The van der Waals surface area contributed by atoms with Gasteiger partial charge in [-0.2, -0.15) is 0 Å². The maximum Gasteiger partial charge on any atom is 0.237 e. The van der Waals surface area contributed by atoms with Crippen molar-refractivity contribution in [1.29, 1.82) is 0 Å². The van der Waals surface area contributed by atoms with Crippen LogP contribution in [0.2, 0.25) is 0 Å². The predicted octanol–water partition coefficient (Wildman–Crippen LogP) is 5.03. The molecule has 0 atom stereocenters. The monoisotopic (exact) mass is 459 g/mol. The second-order valence-electron chi connectivity index (χ2n) is 7.03. The number of rotatable bonds is 8. The first kappa shape index (κ1) is 21.0. The third-order valence-corrected chi connectivity index (χ3v) is 8.30. The van der Waals surface area contributed by atoms with E-state index in [1.807, 2.05) is 17.5 Å². The Morgan fingerprint density at radius 1 is 1.17 bits per heavy atom. The van der Waals surface area contributed by atoms with Gasteiger partial charge in [0.25, 0.3) is 0 Å². The van der Waals surface area contributed by atoms with E-state index < -0.39 is 5.41 Å². The molecule has 0 unspecified atom stereocenters. The van der Waals surface area contributed by atoms with Gasteiger partial charge in [-0.15, -0.1) is 21.5 Å². The predicted molar refractivity (Wildman–Crippen MR) is 121 cm³/mol. The molecule has 9 heteroatoms. The molecule has 0 radical (unpaired) electrons. The maximum atomic E-state index is 13.1. The number of nitrogens with zero attached hydrogens (tertiary/aromatic N) is 2. The van der Waals surface area contributed by atoms with Crippen LogP contribution >= 0.6 is 34.4 Å². The molecule has 1 amide bonds. The Kier molecular flexibility index (Phi) is 6.50. The number of methoxy groups -OCH3 is 1. The molecule has 1 aromatic carbocycles. The van der Waals surface area contributed by atoms with Gasteiger partial charge in [-0.05, 0) is 48.6 Å². The molecular weight excluding hydrogens is 438 g/mol. The molecule has 3 aromatic rings. The van der Waals surface area contributed by atoms with Crippen LogP contribution in [-0.4, -0.2) is 34.8 Å². The molecule has 1 saturated carbocycles. The van der Waals surface area contributed by atoms with E-state index >= 15 is 0 Å². The summed E-state index contributed by atoms with van der Waals surface area (Å²) in [6, 6.07) is 11.1. The molecule has 30 heavy (non-hydrogen) atoms. The van der Waals surface area contributed by atoms with Gasteiger partial charge in [0, 0.05) is 10.4 Å². The third kappa shape index (κ3) is 4.43. The number of carbonyl (C=O) groups excluding carboxylic acids is 2. The van der Waals surface area contributed by atoms with Gasteiger partial charge in [-0.3, -0.25) is 14.9 Å². The van der Waals surface area contributed by atoms with Gasteiger partial charge in [-0.25, -0.2) is 0 Å². The molecule has 156 valence electrons. The van der Waals surface area contributed by atoms with Crippen molar-refractivity contribution < 1.29 is 14.3 Å². The van der Waals surface area contributed by atoms with Gasteiger partial charge < -0.3 is 4.74 Å². The fraction of sp³-hybridized carbons (Fsp3) is 0.333. The van der Waals surface area contributed by atoms with E-state index in [1.54, 1.807) is 42.7 Å². The first-order valence-electron chi connectivity index (χ1n) is 9.60. The lowest BCUT2D eigenvalue weighted by atomic mass is 9.83. The average molecular weight is 460 g/mol. The topological polar surface area (TPSA) is 81.2 Å². The zero-order valence-electron chi connectivity index (χ0n) is 16.4. The lowest BCUT2D eigenvalue weighted by Crippen LogP contribution is -2.37. The first-order chi connectivity index (χ1) is 14.6. The summed E-state index contributed by atoms with van der Waals surface area (Å²) in [4.78, 5) is 26.6. The summed E-state index contributed by atoms with van der Waals surface area (Å²) < 4.78 is 5.77. The highest BCUT2D eigenvalue weighted by molar-refractivity contribution is 8.01. The minimum Gasteiger partial charge on any atom is -0.497 e. The Bertz CT molecular complexity index is 1010. The van der Waals surface area contributed by atoms with Crippen LogP contribution in [0, 0.1) is 0 Å². The Labute approximate surface area is 187 Å². The number of ketones is 1. The normalized spacial score (nSPS) is 15.1. The molecule has 0 bridgehead atoms. The molecule has 1 aliphatic carbocycles. The van der Waals surface area contributed by atoms with Gasteiger partial charge in [-0.1, -0.05) is 42.0 Å². The molecule has 6 nitrogen and oxygen atoms in total. The summed E-state index contributed by atoms with van der Waals surface area (Å²) in [6.45, 7) is 0. The van der Waals surface area contributed by atoms with Crippen molar-refractivity contribution in [2.45, 2.75) is 35.4 Å². The van der Waals surface area contributed by atoms with Crippen molar-refractivity contribution in [3.05, 3.63) is 52.2 Å². The van der Waals surface area contributed by atoms with Crippen LogP contribution in [0.25, 0.3) is 0 Å². The van der Waals surface area contributed by atoms with E-state index in [2.05, 4.69) is 15.5 Å². The summed E-state index contributed by atoms with van der Waals surface area (Å²) in [5, 5.41) is 13.7. The molecule has 2 heterocycles. The zero-order chi connectivity index (χ0) is 21.0. The Balaban J connectivity index is 1.37. The minimum atomic E-state index is -0.461. The number of anilines is 1. The number of thioether (sulfide) groups is 1. The quantitative estimate of drug-likeness (QED) is 0.289. The number of Topliss-reactive ketones (excluding diaryl/α,β-unsaturated/α-hetero) is 1. The van der Waals surface area contributed by atoms with Gasteiger partial charge in [0.1, 0.15) is 5.75 Å².